The Morgan fingerprint density at radius 3 is 2.81 bits per heavy atom. The zero-order chi connectivity index (χ0) is 15.4. The van der Waals surface area contributed by atoms with E-state index in [2.05, 4.69) is 43.2 Å². The molecule has 1 aromatic heterocycles. The molecule has 2 rings (SSSR count). The zero-order valence-corrected chi connectivity index (χ0v) is 15.0. The molecule has 4 unspecified atom stereocenters. The third-order valence-electron chi connectivity index (χ3n) is 3.87. The second-order valence-corrected chi connectivity index (χ2v) is 9.18. The second-order valence-electron chi connectivity index (χ2n) is 6.15. The van der Waals surface area contributed by atoms with Crippen LogP contribution < -0.4 is 11.3 Å². The van der Waals surface area contributed by atoms with E-state index in [9.17, 15) is 0 Å². The summed E-state index contributed by atoms with van der Waals surface area (Å²) in [6, 6.07) is 0.243. The predicted octanol–water partition coefficient (Wildman–Crippen LogP) is 1.93. The number of rotatable bonds is 6. The molecule has 120 valence electrons. The molecule has 0 amide bonds. The molecule has 0 aromatic carbocycles. The summed E-state index contributed by atoms with van der Waals surface area (Å²) < 4.78 is 2.02. The van der Waals surface area contributed by atoms with Crippen LogP contribution in [0.5, 0.6) is 0 Å². The Morgan fingerprint density at radius 1 is 1.43 bits per heavy atom. The van der Waals surface area contributed by atoms with Gasteiger partial charge in [0.15, 0.2) is 0 Å². The summed E-state index contributed by atoms with van der Waals surface area (Å²) in [6.07, 6.45) is 2.49. The third kappa shape index (κ3) is 4.61. The van der Waals surface area contributed by atoms with Crippen molar-refractivity contribution in [3.05, 3.63) is 12.2 Å². The topological polar surface area (TPSA) is 68.8 Å². The van der Waals surface area contributed by atoms with Crippen LogP contribution in [0.1, 0.15) is 33.5 Å². The Labute approximate surface area is 136 Å². The van der Waals surface area contributed by atoms with Crippen molar-refractivity contribution >= 4 is 23.5 Å². The minimum Gasteiger partial charge on any atom is -0.271 e. The molecule has 5 nitrogen and oxygen atoms in total. The first-order chi connectivity index (χ1) is 10.0. The molecule has 3 N–H and O–H groups in total. The van der Waals surface area contributed by atoms with Crippen LogP contribution in [-0.4, -0.2) is 42.3 Å². The molecule has 4 atom stereocenters. The lowest BCUT2D eigenvalue weighted by Crippen LogP contribution is -2.48. The standard InChI is InChI=1S/C14H27N5S2/c1-9(2)6-19-14(16-8-17-19)5-12(18-15)13-7-20-10(3)11(4)21-13/h8-13,18H,5-7,15H2,1-4H3. The smallest absolute Gasteiger partial charge is 0.138 e. The Hall–Kier alpha value is -0.240. The number of hydrazine groups is 1. The maximum absolute atomic E-state index is 5.82. The van der Waals surface area contributed by atoms with Gasteiger partial charge in [-0.2, -0.15) is 28.6 Å². The molecule has 7 heteroatoms. The van der Waals surface area contributed by atoms with Gasteiger partial charge in [0.05, 0.1) is 0 Å². The molecule has 1 saturated heterocycles. The number of thioether (sulfide) groups is 2. The zero-order valence-electron chi connectivity index (χ0n) is 13.3. The van der Waals surface area contributed by atoms with E-state index in [0.29, 0.717) is 21.7 Å². The van der Waals surface area contributed by atoms with Gasteiger partial charge in [-0.25, -0.2) is 9.67 Å². The fourth-order valence-corrected chi connectivity index (χ4v) is 5.57. The predicted molar refractivity (Wildman–Crippen MR) is 92.4 cm³/mol. The van der Waals surface area contributed by atoms with Crippen LogP contribution in [-0.2, 0) is 13.0 Å². The number of hydrogen-bond donors (Lipinski definition) is 2. The summed E-state index contributed by atoms with van der Waals surface area (Å²) in [5.74, 6) is 8.56. The summed E-state index contributed by atoms with van der Waals surface area (Å²) in [7, 11) is 0. The molecule has 0 spiro atoms. The molecule has 1 aliphatic heterocycles. The average Bonchev–Trinajstić information content (AvgIpc) is 2.85. The lowest BCUT2D eigenvalue weighted by Gasteiger charge is -2.35. The molecular weight excluding hydrogens is 302 g/mol. The molecule has 1 fully saturated rings. The summed E-state index contributed by atoms with van der Waals surface area (Å²) >= 11 is 4.09. The highest BCUT2D eigenvalue weighted by atomic mass is 32.2. The molecule has 0 radical (unpaired) electrons. The first-order valence-corrected chi connectivity index (χ1v) is 9.60. The van der Waals surface area contributed by atoms with Crippen LogP contribution in [0.3, 0.4) is 0 Å². The van der Waals surface area contributed by atoms with Gasteiger partial charge >= 0.3 is 0 Å². The highest BCUT2D eigenvalue weighted by Crippen LogP contribution is 2.37. The first-order valence-electron chi connectivity index (χ1n) is 7.61. The highest BCUT2D eigenvalue weighted by molar-refractivity contribution is 8.07. The van der Waals surface area contributed by atoms with Crippen molar-refractivity contribution in [1.29, 1.82) is 0 Å². The summed E-state index contributed by atoms with van der Waals surface area (Å²) in [6.45, 7) is 9.92. The average molecular weight is 330 g/mol. The molecule has 21 heavy (non-hydrogen) atoms. The van der Waals surface area contributed by atoms with Gasteiger partial charge in [-0.05, 0) is 5.92 Å². The Balaban J connectivity index is 2.01. The van der Waals surface area contributed by atoms with E-state index < -0.39 is 0 Å². The number of nitrogens with one attached hydrogen (secondary N) is 1. The van der Waals surface area contributed by atoms with E-state index in [1.165, 1.54) is 0 Å². The first kappa shape index (κ1) is 17.1. The fourth-order valence-electron chi connectivity index (χ4n) is 2.46. The maximum Gasteiger partial charge on any atom is 0.138 e. The van der Waals surface area contributed by atoms with Gasteiger partial charge in [0.25, 0.3) is 0 Å². The third-order valence-corrected chi connectivity index (χ3v) is 7.42. The molecule has 0 bridgehead atoms. The van der Waals surface area contributed by atoms with Crippen LogP contribution in [0.2, 0.25) is 0 Å². The van der Waals surface area contributed by atoms with Crippen molar-refractivity contribution in [3.63, 3.8) is 0 Å². The second kappa shape index (κ2) is 7.85. The van der Waals surface area contributed by atoms with Gasteiger partial charge in [0.1, 0.15) is 12.2 Å². The van der Waals surface area contributed by atoms with Crippen molar-refractivity contribution in [2.75, 3.05) is 5.75 Å². The highest BCUT2D eigenvalue weighted by Gasteiger charge is 2.31. The van der Waals surface area contributed by atoms with Gasteiger partial charge in [-0.3, -0.25) is 11.3 Å². The van der Waals surface area contributed by atoms with Crippen LogP contribution in [0.4, 0.5) is 0 Å². The van der Waals surface area contributed by atoms with E-state index in [1.54, 1.807) is 6.33 Å². The van der Waals surface area contributed by atoms with Crippen LogP contribution in [0, 0.1) is 5.92 Å². The molecule has 2 heterocycles. The summed E-state index contributed by atoms with van der Waals surface area (Å²) in [5, 5.41) is 6.25. The molecule has 0 saturated carbocycles. The monoisotopic (exact) mass is 329 g/mol. The molecule has 1 aliphatic rings. The lowest BCUT2D eigenvalue weighted by atomic mass is 10.1. The molecule has 0 aliphatic carbocycles. The van der Waals surface area contributed by atoms with E-state index in [4.69, 9.17) is 5.84 Å². The minimum atomic E-state index is 0.243. The van der Waals surface area contributed by atoms with Gasteiger partial charge < -0.3 is 0 Å². The van der Waals surface area contributed by atoms with Crippen LogP contribution in [0.15, 0.2) is 6.33 Å². The Morgan fingerprint density at radius 2 is 2.19 bits per heavy atom. The van der Waals surface area contributed by atoms with E-state index in [0.717, 1.165) is 24.5 Å². The van der Waals surface area contributed by atoms with Crippen molar-refractivity contribution in [2.24, 2.45) is 11.8 Å². The van der Waals surface area contributed by atoms with E-state index >= 15 is 0 Å². The normalized spacial score (nSPS) is 28.0. The number of nitrogens with zero attached hydrogens (tertiary/aromatic N) is 3. The summed E-state index contributed by atoms with van der Waals surface area (Å²) in [4.78, 5) is 4.43. The van der Waals surface area contributed by atoms with Gasteiger partial charge in [-0.15, -0.1) is 0 Å². The Bertz CT molecular complexity index is 437. The van der Waals surface area contributed by atoms with E-state index in [1.807, 2.05) is 28.2 Å². The quantitative estimate of drug-likeness (QED) is 0.614. The lowest BCUT2D eigenvalue weighted by molar-refractivity contribution is 0.441. The minimum absolute atomic E-state index is 0.243. The van der Waals surface area contributed by atoms with Gasteiger partial charge in [0.2, 0.25) is 0 Å². The number of aromatic nitrogens is 3. The van der Waals surface area contributed by atoms with E-state index in [-0.39, 0.29) is 6.04 Å². The van der Waals surface area contributed by atoms with Crippen LogP contribution in [0.25, 0.3) is 0 Å². The molecular formula is C14H27N5S2. The number of hydrogen-bond acceptors (Lipinski definition) is 6. The Kier molecular flexibility index (Phi) is 6.40. The van der Waals surface area contributed by atoms with Gasteiger partial charge in [0, 0.05) is 40.5 Å². The SMILES string of the molecule is CC(C)Cn1ncnc1CC(NN)C1CSC(C)C(C)S1. The van der Waals surface area contributed by atoms with Crippen molar-refractivity contribution in [1.82, 2.24) is 20.2 Å². The van der Waals surface area contributed by atoms with Crippen molar-refractivity contribution in [3.8, 4) is 0 Å². The number of nitrogens with two attached hydrogens (primary N) is 1. The fraction of sp³-hybridized carbons (Fsp3) is 0.857. The van der Waals surface area contributed by atoms with Gasteiger partial charge in [-0.1, -0.05) is 27.7 Å². The van der Waals surface area contributed by atoms with Crippen molar-refractivity contribution in [2.45, 2.75) is 62.5 Å². The van der Waals surface area contributed by atoms with Crippen LogP contribution >= 0.6 is 23.5 Å². The van der Waals surface area contributed by atoms with Crippen molar-refractivity contribution < 1.29 is 0 Å². The largest absolute Gasteiger partial charge is 0.271 e. The summed E-state index contributed by atoms with van der Waals surface area (Å²) in [5.41, 5.74) is 3.01. The maximum atomic E-state index is 5.82. The molecule has 1 aromatic rings.